The van der Waals surface area contributed by atoms with Crippen molar-refractivity contribution in [1.82, 2.24) is 0 Å². The second kappa shape index (κ2) is 5.39. The monoisotopic (exact) mass is 352 g/mol. The second-order valence-corrected chi connectivity index (χ2v) is 5.28. The highest BCUT2D eigenvalue weighted by atomic mass is 127. The molecule has 92 valence electrons. The van der Waals surface area contributed by atoms with E-state index in [-0.39, 0.29) is 5.91 Å². The fourth-order valence-electron chi connectivity index (χ4n) is 1.59. The van der Waals surface area contributed by atoms with Gasteiger partial charge in [-0.05, 0) is 71.5 Å². The van der Waals surface area contributed by atoms with Crippen molar-refractivity contribution in [2.24, 2.45) is 0 Å². The Labute approximate surface area is 120 Å². The number of hydrogen-bond donors (Lipinski definition) is 2. The first-order valence-electron chi connectivity index (χ1n) is 5.49. The van der Waals surface area contributed by atoms with Gasteiger partial charge in [0, 0.05) is 20.5 Å². The maximum Gasteiger partial charge on any atom is 0.255 e. The van der Waals surface area contributed by atoms with Gasteiger partial charge in [-0.1, -0.05) is 6.07 Å². The average molecular weight is 352 g/mol. The number of benzene rings is 2. The molecular weight excluding hydrogens is 339 g/mol. The summed E-state index contributed by atoms with van der Waals surface area (Å²) >= 11 is 2.18. The Kier molecular flexibility index (Phi) is 3.86. The average Bonchev–Trinajstić information content (AvgIpc) is 2.34. The van der Waals surface area contributed by atoms with Gasteiger partial charge in [-0.3, -0.25) is 4.79 Å². The van der Waals surface area contributed by atoms with Gasteiger partial charge in [0.2, 0.25) is 0 Å². The van der Waals surface area contributed by atoms with E-state index in [4.69, 9.17) is 5.73 Å². The van der Waals surface area contributed by atoms with Crippen molar-refractivity contribution in [2.45, 2.75) is 6.92 Å². The lowest BCUT2D eigenvalue weighted by Crippen LogP contribution is -2.12. The molecule has 0 aromatic heterocycles. The maximum absolute atomic E-state index is 12.0. The van der Waals surface area contributed by atoms with Crippen LogP contribution in [-0.2, 0) is 0 Å². The third-order valence-corrected chi connectivity index (χ3v) is 3.29. The molecule has 1 amide bonds. The van der Waals surface area contributed by atoms with Crippen molar-refractivity contribution in [3.8, 4) is 0 Å². The summed E-state index contributed by atoms with van der Waals surface area (Å²) in [7, 11) is 0. The Balaban J connectivity index is 2.18. The highest BCUT2D eigenvalue weighted by Crippen LogP contribution is 2.17. The van der Waals surface area contributed by atoms with Gasteiger partial charge in [0.15, 0.2) is 0 Å². The quantitative estimate of drug-likeness (QED) is 0.643. The molecule has 0 saturated carbocycles. The molecule has 0 bridgehead atoms. The predicted octanol–water partition coefficient (Wildman–Crippen LogP) is 3.43. The Bertz CT molecular complexity index is 596. The minimum Gasteiger partial charge on any atom is -0.399 e. The summed E-state index contributed by atoms with van der Waals surface area (Å²) in [6.45, 7) is 1.91. The molecule has 0 radical (unpaired) electrons. The minimum absolute atomic E-state index is 0.113. The van der Waals surface area contributed by atoms with Gasteiger partial charge in [-0.15, -0.1) is 0 Å². The van der Waals surface area contributed by atoms with Crippen LogP contribution in [0.4, 0.5) is 11.4 Å². The molecule has 4 heteroatoms. The van der Waals surface area contributed by atoms with Crippen molar-refractivity contribution in [3.05, 3.63) is 57.2 Å². The SMILES string of the molecule is Cc1cc(NC(=O)c2cccc(I)c2)ccc1N. The van der Waals surface area contributed by atoms with E-state index in [9.17, 15) is 4.79 Å². The van der Waals surface area contributed by atoms with E-state index in [0.717, 1.165) is 20.5 Å². The minimum atomic E-state index is -0.113. The fraction of sp³-hybridized carbons (Fsp3) is 0.0714. The number of halogens is 1. The topological polar surface area (TPSA) is 55.1 Å². The van der Waals surface area contributed by atoms with E-state index < -0.39 is 0 Å². The van der Waals surface area contributed by atoms with Crippen molar-refractivity contribution in [2.75, 3.05) is 11.1 Å². The molecule has 2 aromatic carbocycles. The van der Waals surface area contributed by atoms with Gasteiger partial charge in [-0.25, -0.2) is 0 Å². The zero-order valence-corrected chi connectivity index (χ0v) is 12.1. The lowest BCUT2D eigenvalue weighted by molar-refractivity contribution is 0.102. The molecule has 0 unspecified atom stereocenters. The Morgan fingerprint density at radius 2 is 2.00 bits per heavy atom. The molecule has 0 aliphatic carbocycles. The molecule has 0 spiro atoms. The molecule has 2 rings (SSSR count). The van der Waals surface area contributed by atoms with E-state index in [1.807, 2.05) is 31.2 Å². The van der Waals surface area contributed by atoms with Crippen LogP contribution in [0.3, 0.4) is 0 Å². The lowest BCUT2D eigenvalue weighted by atomic mass is 10.1. The van der Waals surface area contributed by atoms with Crippen LogP contribution in [-0.4, -0.2) is 5.91 Å². The number of aryl methyl sites for hydroxylation is 1. The van der Waals surface area contributed by atoms with Crippen LogP contribution in [0.25, 0.3) is 0 Å². The largest absolute Gasteiger partial charge is 0.399 e. The third kappa shape index (κ3) is 3.01. The molecule has 2 aromatic rings. The first-order chi connectivity index (χ1) is 8.56. The number of nitrogens with two attached hydrogens (primary N) is 1. The van der Waals surface area contributed by atoms with Gasteiger partial charge in [0.05, 0.1) is 0 Å². The van der Waals surface area contributed by atoms with Crippen LogP contribution in [0, 0.1) is 10.5 Å². The van der Waals surface area contributed by atoms with Crippen LogP contribution in [0.2, 0.25) is 0 Å². The number of amides is 1. The number of carbonyl (C=O) groups excluding carboxylic acids is 1. The smallest absolute Gasteiger partial charge is 0.255 e. The summed E-state index contributed by atoms with van der Waals surface area (Å²) in [5.41, 5.74) is 8.82. The maximum atomic E-state index is 12.0. The summed E-state index contributed by atoms with van der Waals surface area (Å²) < 4.78 is 1.04. The Morgan fingerprint density at radius 3 is 2.67 bits per heavy atom. The molecule has 18 heavy (non-hydrogen) atoms. The number of hydrogen-bond acceptors (Lipinski definition) is 2. The summed E-state index contributed by atoms with van der Waals surface area (Å²) in [4.78, 5) is 12.0. The van der Waals surface area contributed by atoms with Crippen LogP contribution in [0.15, 0.2) is 42.5 Å². The molecule has 0 atom stereocenters. The molecule has 3 nitrogen and oxygen atoms in total. The number of carbonyl (C=O) groups is 1. The molecular formula is C14H13IN2O. The Morgan fingerprint density at radius 1 is 1.22 bits per heavy atom. The van der Waals surface area contributed by atoms with Gasteiger partial charge in [-0.2, -0.15) is 0 Å². The number of rotatable bonds is 2. The molecule has 0 fully saturated rings. The number of nitrogen functional groups attached to an aromatic ring is 1. The number of nitrogens with one attached hydrogen (secondary N) is 1. The summed E-state index contributed by atoms with van der Waals surface area (Å²) in [5.74, 6) is -0.113. The van der Waals surface area contributed by atoms with Gasteiger partial charge >= 0.3 is 0 Å². The van der Waals surface area contributed by atoms with Crippen molar-refractivity contribution in [3.63, 3.8) is 0 Å². The van der Waals surface area contributed by atoms with Gasteiger partial charge in [0.25, 0.3) is 5.91 Å². The molecule has 0 heterocycles. The standard InChI is InChI=1S/C14H13IN2O/c1-9-7-12(5-6-13(9)16)17-14(18)10-3-2-4-11(15)8-10/h2-8H,16H2,1H3,(H,17,18). The van der Waals surface area contributed by atoms with Crippen LogP contribution in [0.1, 0.15) is 15.9 Å². The second-order valence-electron chi connectivity index (χ2n) is 4.04. The zero-order valence-electron chi connectivity index (χ0n) is 9.91. The zero-order chi connectivity index (χ0) is 13.1. The highest BCUT2D eigenvalue weighted by Gasteiger charge is 2.06. The van der Waals surface area contributed by atoms with Gasteiger partial charge < -0.3 is 11.1 Å². The third-order valence-electron chi connectivity index (χ3n) is 2.61. The predicted molar refractivity (Wildman–Crippen MR) is 82.7 cm³/mol. The molecule has 3 N–H and O–H groups in total. The summed E-state index contributed by atoms with van der Waals surface area (Å²) in [6.07, 6.45) is 0. The van der Waals surface area contributed by atoms with Gasteiger partial charge in [0.1, 0.15) is 0 Å². The van der Waals surface area contributed by atoms with Crippen LogP contribution < -0.4 is 11.1 Å². The fourth-order valence-corrected chi connectivity index (χ4v) is 2.13. The van der Waals surface area contributed by atoms with Crippen LogP contribution >= 0.6 is 22.6 Å². The first kappa shape index (κ1) is 12.9. The van der Waals surface area contributed by atoms with E-state index in [1.165, 1.54) is 0 Å². The van der Waals surface area contributed by atoms with Crippen molar-refractivity contribution < 1.29 is 4.79 Å². The lowest BCUT2D eigenvalue weighted by Gasteiger charge is -2.07. The number of anilines is 2. The molecule has 0 aliphatic heterocycles. The van der Waals surface area contributed by atoms with E-state index in [2.05, 4.69) is 27.9 Å². The van der Waals surface area contributed by atoms with E-state index in [1.54, 1.807) is 18.2 Å². The molecule has 0 aliphatic rings. The van der Waals surface area contributed by atoms with Crippen molar-refractivity contribution in [1.29, 1.82) is 0 Å². The van der Waals surface area contributed by atoms with E-state index >= 15 is 0 Å². The summed E-state index contributed by atoms with van der Waals surface area (Å²) in [6, 6.07) is 12.9. The Hall–Kier alpha value is -1.56. The van der Waals surface area contributed by atoms with Crippen LogP contribution in [0.5, 0.6) is 0 Å². The first-order valence-corrected chi connectivity index (χ1v) is 6.57. The normalized spacial score (nSPS) is 10.1. The molecule has 0 saturated heterocycles. The summed E-state index contributed by atoms with van der Waals surface area (Å²) in [5, 5.41) is 2.86. The van der Waals surface area contributed by atoms with Crippen molar-refractivity contribution >= 4 is 39.9 Å². The van der Waals surface area contributed by atoms with E-state index in [0.29, 0.717) is 5.56 Å². The highest BCUT2D eigenvalue weighted by molar-refractivity contribution is 14.1.